The number of carbonyl (C=O) groups is 1. The fourth-order valence-electron chi connectivity index (χ4n) is 0.781. The summed E-state index contributed by atoms with van der Waals surface area (Å²) in [5, 5.41) is 0. The molecule has 3 nitrogen and oxygen atoms in total. The molecule has 12 heavy (non-hydrogen) atoms. The first-order valence-corrected chi connectivity index (χ1v) is 4.51. The van der Waals surface area contributed by atoms with Crippen LogP contribution in [0.25, 0.3) is 0 Å². The summed E-state index contributed by atoms with van der Waals surface area (Å²) in [6.07, 6.45) is 0. The molecule has 0 saturated heterocycles. The van der Waals surface area contributed by atoms with E-state index in [0.29, 0.717) is 11.5 Å². The Kier molecular flexibility index (Phi) is 3.37. The predicted octanol–water partition coefficient (Wildman–Crippen LogP) is 1.47. The lowest BCUT2D eigenvalue weighted by molar-refractivity contribution is 0.0786. The molecular formula is C8H10NO2S. The molecule has 1 radical (unpaired) electrons. The Bertz CT molecular complexity index is 270. The second kappa shape index (κ2) is 4.33. The normalized spacial score (nSPS) is 10.2. The maximum atomic E-state index is 11.3. The van der Waals surface area contributed by atoms with E-state index in [4.69, 9.17) is 4.74 Å². The number of Topliss-reactive ketones (excluding diaryl/α,β-unsaturated/α-hetero) is 1. The molecule has 0 bridgehead atoms. The molecule has 1 aromatic rings. The number of rotatable bonds is 4. The monoisotopic (exact) mass is 184 g/mol. The Morgan fingerprint density at radius 2 is 2.50 bits per heavy atom. The van der Waals surface area contributed by atoms with Crippen molar-refractivity contribution in [3.05, 3.63) is 16.1 Å². The zero-order valence-corrected chi connectivity index (χ0v) is 7.90. The molecule has 0 atom stereocenters. The summed E-state index contributed by atoms with van der Waals surface area (Å²) >= 11 is 1.24. The van der Waals surface area contributed by atoms with E-state index in [1.165, 1.54) is 11.3 Å². The van der Waals surface area contributed by atoms with Crippen molar-refractivity contribution < 1.29 is 9.53 Å². The van der Waals surface area contributed by atoms with Gasteiger partial charge in [0.1, 0.15) is 6.61 Å². The van der Waals surface area contributed by atoms with Crippen LogP contribution in [-0.4, -0.2) is 24.0 Å². The molecule has 1 aromatic heterocycles. The minimum absolute atomic E-state index is 0.00639. The molecule has 1 heterocycles. The van der Waals surface area contributed by atoms with Crippen molar-refractivity contribution in [2.75, 3.05) is 13.2 Å². The first kappa shape index (κ1) is 9.35. The van der Waals surface area contributed by atoms with E-state index in [1.807, 2.05) is 6.92 Å². The smallest absolute Gasteiger partial charge is 0.200 e. The van der Waals surface area contributed by atoms with Crippen molar-refractivity contribution in [2.45, 2.75) is 13.8 Å². The van der Waals surface area contributed by atoms with E-state index < -0.39 is 0 Å². The van der Waals surface area contributed by atoms with Crippen molar-refractivity contribution in [3.8, 4) is 0 Å². The summed E-state index contributed by atoms with van der Waals surface area (Å²) < 4.78 is 4.99. The van der Waals surface area contributed by atoms with Crippen molar-refractivity contribution in [1.29, 1.82) is 0 Å². The first-order chi connectivity index (χ1) is 5.75. The summed E-state index contributed by atoms with van der Waals surface area (Å²) in [5.74, 6) is -0.00639. The second-order valence-corrected chi connectivity index (χ2v) is 3.07. The molecule has 1 rings (SSSR count). The van der Waals surface area contributed by atoms with Crippen LogP contribution in [0.15, 0.2) is 0 Å². The molecule has 65 valence electrons. The Morgan fingerprint density at radius 1 is 1.75 bits per heavy atom. The maximum absolute atomic E-state index is 11.3. The molecule has 0 amide bonds. The number of nitrogens with zero attached hydrogens (tertiary/aromatic N) is 1. The number of ether oxygens (including phenoxy) is 1. The van der Waals surface area contributed by atoms with Crippen LogP contribution in [0, 0.1) is 12.4 Å². The topological polar surface area (TPSA) is 39.2 Å². The van der Waals surface area contributed by atoms with Crippen LogP contribution in [0.5, 0.6) is 0 Å². The Hall–Kier alpha value is -0.740. The van der Waals surface area contributed by atoms with Crippen LogP contribution < -0.4 is 0 Å². The average molecular weight is 184 g/mol. The molecule has 4 heteroatoms. The van der Waals surface area contributed by atoms with Gasteiger partial charge in [-0.15, -0.1) is 11.3 Å². The van der Waals surface area contributed by atoms with Crippen molar-refractivity contribution in [1.82, 2.24) is 4.98 Å². The lowest BCUT2D eigenvalue weighted by atomic mass is 10.3. The second-order valence-electron chi connectivity index (χ2n) is 2.28. The third-order valence-corrected chi connectivity index (χ3v) is 2.29. The van der Waals surface area contributed by atoms with Crippen LogP contribution >= 0.6 is 11.3 Å². The fraction of sp³-hybridized carbons (Fsp3) is 0.500. The van der Waals surface area contributed by atoms with E-state index in [9.17, 15) is 4.79 Å². The van der Waals surface area contributed by atoms with Gasteiger partial charge in [-0.1, -0.05) is 0 Å². The van der Waals surface area contributed by atoms with Gasteiger partial charge in [0.05, 0.1) is 10.6 Å². The predicted molar refractivity (Wildman–Crippen MR) is 46.5 cm³/mol. The average Bonchev–Trinajstić information content (AvgIpc) is 2.47. The van der Waals surface area contributed by atoms with E-state index >= 15 is 0 Å². The summed E-state index contributed by atoms with van der Waals surface area (Å²) in [6.45, 7) is 4.37. The standard InChI is InChI=1S/C8H10NO2S/c1-3-11-4-7(10)8-6(2)9-5-12-8/h3-4H2,1-2H3. The lowest BCUT2D eigenvalue weighted by Gasteiger charge is -1.97. The van der Waals surface area contributed by atoms with Crippen LogP contribution in [0.3, 0.4) is 0 Å². The van der Waals surface area contributed by atoms with Gasteiger partial charge in [0.2, 0.25) is 0 Å². The highest BCUT2D eigenvalue weighted by Crippen LogP contribution is 2.11. The van der Waals surface area contributed by atoms with E-state index in [1.54, 1.807) is 6.92 Å². The van der Waals surface area contributed by atoms with E-state index in [-0.39, 0.29) is 12.4 Å². The minimum atomic E-state index is -0.00639. The Morgan fingerprint density at radius 3 is 3.00 bits per heavy atom. The molecule has 0 aliphatic rings. The number of thiazole rings is 1. The first-order valence-electron chi connectivity index (χ1n) is 3.70. The molecule has 0 fully saturated rings. The van der Waals surface area contributed by atoms with Crippen molar-refractivity contribution in [2.24, 2.45) is 0 Å². The highest BCUT2D eigenvalue weighted by Gasteiger charge is 2.11. The molecule has 0 aromatic carbocycles. The zero-order chi connectivity index (χ0) is 8.97. The third-order valence-electron chi connectivity index (χ3n) is 1.38. The highest BCUT2D eigenvalue weighted by atomic mass is 32.1. The van der Waals surface area contributed by atoms with E-state index in [0.717, 1.165) is 5.69 Å². The highest BCUT2D eigenvalue weighted by molar-refractivity contribution is 7.11. The van der Waals surface area contributed by atoms with Gasteiger partial charge in [0, 0.05) is 6.61 Å². The van der Waals surface area contributed by atoms with Crippen LogP contribution in [0.4, 0.5) is 0 Å². The summed E-state index contributed by atoms with van der Waals surface area (Å²) in [6, 6.07) is 0. The molecule has 0 spiro atoms. The summed E-state index contributed by atoms with van der Waals surface area (Å²) in [4.78, 5) is 15.8. The minimum Gasteiger partial charge on any atom is -0.374 e. The molecule has 0 aliphatic carbocycles. The number of hydrogen-bond donors (Lipinski definition) is 0. The number of hydrogen-bond acceptors (Lipinski definition) is 4. The third kappa shape index (κ3) is 2.12. The van der Waals surface area contributed by atoms with Gasteiger partial charge in [-0.05, 0) is 13.8 Å². The van der Waals surface area contributed by atoms with Crippen LogP contribution in [0.2, 0.25) is 0 Å². The van der Waals surface area contributed by atoms with Gasteiger partial charge in [0.25, 0.3) is 0 Å². The SMILES string of the molecule is CCOCC(=O)c1s[c]nc1C. The van der Waals surface area contributed by atoms with Gasteiger partial charge < -0.3 is 4.74 Å². The molecular weight excluding hydrogens is 174 g/mol. The Balaban J connectivity index is 2.59. The van der Waals surface area contributed by atoms with Gasteiger partial charge >= 0.3 is 0 Å². The van der Waals surface area contributed by atoms with Gasteiger partial charge in [0.15, 0.2) is 11.3 Å². The number of carbonyl (C=O) groups excluding carboxylic acids is 1. The zero-order valence-electron chi connectivity index (χ0n) is 7.09. The van der Waals surface area contributed by atoms with Crippen molar-refractivity contribution in [3.63, 3.8) is 0 Å². The number of aromatic nitrogens is 1. The maximum Gasteiger partial charge on any atom is 0.200 e. The van der Waals surface area contributed by atoms with Gasteiger partial charge in [-0.3, -0.25) is 4.79 Å². The quantitative estimate of drug-likeness (QED) is 0.665. The molecule has 0 unspecified atom stereocenters. The van der Waals surface area contributed by atoms with E-state index in [2.05, 4.69) is 10.5 Å². The van der Waals surface area contributed by atoms with Gasteiger partial charge in [-0.25, -0.2) is 4.98 Å². The van der Waals surface area contributed by atoms with Crippen LogP contribution in [-0.2, 0) is 4.74 Å². The summed E-state index contributed by atoms with van der Waals surface area (Å²) in [7, 11) is 0. The Labute approximate surface area is 75.4 Å². The summed E-state index contributed by atoms with van der Waals surface area (Å²) in [5.41, 5.74) is 3.41. The molecule has 0 N–H and O–H groups in total. The molecule has 0 aliphatic heterocycles. The largest absolute Gasteiger partial charge is 0.374 e. The molecule has 0 saturated carbocycles. The van der Waals surface area contributed by atoms with Crippen molar-refractivity contribution >= 4 is 17.1 Å². The van der Waals surface area contributed by atoms with Crippen LogP contribution in [0.1, 0.15) is 22.3 Å². The fourth-order valence-corrected chi connectivity index (χ4v) is 1.42. The lowest BCUT2D eigenvalue weighted by Crippen LogP contribution is -2.08. The van der Waals surface area contributed by atoms with Gasteiger partial charge in [-0.2, -0.15) is 0 Å². The number of ketones is 1. The number of aryl methyl sites for hydroxylation is 1.